The van der Waals surface area contributed by atoms with Gasteiger partial charge in [-0.3, -0.25) is 14.4 Å². The number of amides is 4. The van der Waals surface area contributed by atoms with Crippen LogP contribution < -0.4 is 16.0 Å². The Morgan fingerprint density at radius 3 is 2.41 bits per heavy atom. The molecule has 0 radical (unpaired) electrons. The van der Waals surface area contributed by atoms with E-state index in [1.807, 2.05) is 0 Å². The molecular weight excluding hydrogens is 732 g/mol. The maximum Gasteiger partial charge on any atom is 0.410 e. The van der Waals surface area contributed by atoms with E-state index in [-0.39, 0.29) is 35.9 Å². The molecule has 1 aliphatic heterocycles. The summed E-state index contributed by atoms with van der Waals surface area (Å²) in [4.78, 5) is 68.9. The van der Waals surface area contributed by atoms with Gasteiger partial charge in [0.05, 0.1) is 24.0 Å². The zero-order valence-electron chi connectivity index (χ0n) is 30.5. The summed E-state index contributed by atoms with van der Waals surface area (Å²) in [6, 6.07) is 21.0. The Labute approximate surface area is 321 Å². The quantitative estimate of drug-likeness (QED) is 0.0794. The van der Waals surface area contributed by atoms with E-state index in [4.69, 9.17) is 9.47 Å². The van der Waals surface area contributed by atoms with Gasteiger partial charge in [0.25, 0.3) is 11.8 Å². The smallest absolute Gasteiger partial charge is 0.410 e. The molecule has 4 amide bonds. The van der Waals surface area contributed by atoms with E-state index in [1.165, 1.54) is 47.4 Å². The minimum Gasteiger partial charge on any atom is -0.462 e. The normalized spacial score (nSPS) is 13.3. The van der Waals surface area contributed by atoms with E-state index in [2.05, 4.69) is 16.0 Å². The van der Waals surface area contributed by atoms with E-state index in [1.54, 1.807) is 100 Å². The molecule has 5 rings (SSSR count). The first-order chi connectivity index (χ1) is 25.7. The molecule has 3 N–H and O–H groups in total. The summed E-state index contributed by atoms with van der Waals surface area (Å²) in [7, 11) is 0. The molecule has 0 fully saturated rings. The number of nitrogens with one attached hydrogen (secondary N) is 3. The van der Waals surface area contributed by atoms with E-state index in [0.29, 0.717) is 34.1 Å². The van der Waals surface area contributed by atoms with Crippen LogP contribution in [0.3, 0.4) is 0 Å². The summed E-state index contributed by atoms with van der Waals surface area (Å²) in [5.41, 5.74) is 0.981. The number of carbonyl (C=O) groups excluding carboxylic acids is 5. The first-order valence-electron chi connectivity index (χ1n) is 17.2. The molecule has 1 unspecified atom stereocenters. The van der Waals surface area contributed by atoms with Crippen molar-refractivity contribution < 1.29 is 37.8 Å². The zero-order chi connectivity index (χ0) is 39.0. The highest BCUT2D eigenvalue weighted by Crippen LogP contribution is 2.39. The van der Waals surface area contributed by atoms with Gasteiger partial charge < -0.3 is 30.3 Å². The molecule has 282 valence electrons. The summed E-state index contributed by atoms with van der Waals surface area (Å²) in [5, 5.41) is 7.96. The fraction of sp³-hybridized carbons (Fsp3) is 0.275. The molecule has 0 bridgehead atoms. The van der Waals surface area contributed by atoms with Crippen molar-refractivity contribution in [2.45, 2.75) is 63.3 Å². The number of fused-ring (bicyclic) bond motifs is 1. The summed E-state index contributed by atoms with van der Waals surface area (Å²) in [6.45, 7) is 9.52. The summed E-state index contributed by atoms with van der Waals surface area (Å²) < 4.78 is 25.4. The van der Waals surface area contributed by atoms with Crippen LogP contribution in [0.5, 0.6) is 0 Å². The second-order valence-corrected chi connectivity index (χ2v) is 15.7. The van der Waals surface area contributed by atoms with E-state index < -0.39 is 40.5 Å². The number of nitrogens with zero attached hydrogens (tertiary/aromatic N) is 1. The summed E-state index contributed by atoms with van der Waals surface area (Å²) in [5.74, 6) is -2.73. The number of thiophene rings is 1. The van der Waals surface area contributed by atoms with Gasteiger partial charge in [-0.1, -0.05) is 42.5 Å². The summed E-state index contributed by atoms with van der Waals surface area (Å²) >= 11 is 2.45. The number of thioether (sulfide) groups is 1. The number of hydrogen-bond acceptors (Lipinski definition) is 9. The highest BCUT2D eigenvalue weighted by Gasteiger charge is 2.33. The second kappa shape index (κ2) is 17.6. The number of halogens is 1. The minimum atomic E-state index is -0.686. The molecular formula is C40H41FN4O7S2. The second-order valence-electron chi connectivity index (χ2n) is 13.2. The van der Waals surface area contributed by atoms with Gasteiger partial charge in [0.15, 0.2) is 0 Å². The van der Waals surface area contributed by atoms with Crippen LogP contribution >= 0.6 is 23.1 Å². The van der Waals surface area contributed by atoms with Crippen molar-refractivity contribution in [3.8, 4) is 0 Å². The number of carbonyl (C=O) groups is 5. The topological polar surface area (TPSA) is 143 Å². The minimum absolute atomic E-state index is 0.109. The molecule has 1 aromatic heterocycles. The van der Waals surface area contributed by atoms with E-state index >= 15 is 0 Å². The van der Waals surface area contributed by atoms with Crippen molar-refractivity contribution in [1.29, 1.82) is 0 Å². The maximum atomic E-state index is 14.6. The largest absolute Gasteiger partial charge is 0.462 e. The summed E-state index contributed by atoms with van der Waals surface area (Å²) in [6.07, 6.45) is 1.20. The highest BCUT2D eigenvalue weighted by molar-refractivity contribution is 8.00. The number of rotatable bonds is 11. The van der Waals surface area contributed by atoms with Crippen molar-refractivity contribution in [2.24, 2.45) is 0 Å². The van der Waals surface area contributed by atoms with Gasteiger partial charge in [0.2, 0.25) is 5.91 Å². The molecule has 54 heavy (non-hydrogen) atoms. The Balaban J connectivity index is 1.30. The third-order valence-corrected chi connectivity index (χ3v) is 10.2. The van der Waals surface area contributed by atoms with Gasteiger partial charge in [0.1, 0.15) is 22.1 Å². The van der Waals surface area contributed by atoms with Gasteiger partial charge >= 0.3 is 12.1 Å². The molecule has 3 aromatic carbocycles. The van der Waals surface area contributed by atoms with Crippen molar-refractivity contribution in [1.82, 2.24) is 10.2 Å². The Bertz CT molecular complexity index is 2080. The first kappa shape index (κ1) is 39.7. The van der Waals surface area contributed by atoms with Gasteiger partial charge in [-0.15, -0.1) is 23.1 Å². The van der Waals surface area contributed by atoms with Gasteiger partial charge in [-0.25, -0.2) is 14.0 Å². The Hall–Kier alpha value is -5.47. The van der Waals surface area contributed by atoms with Crippen molar-refractivity contribution in [3.63, 3.8) is 0 Å². The molecule has 0 aliphatic carbocycles. The molecule has 1 atom stereocenters. The van der Waals surface area contributed by atoms with Crippen molar-refractivity contribution in [2.75, 3.05) is 23.8 Å². The van der Waals surface area contributed by atoms with Crippen LogP contribution in [0, 0.1) is 5.82 Å². The lowest BCUT2D eigenvalue weighted by Crippen LogP contribution is -2.39. The molecule has 0 saturated carbocycles. The molecule has 11 nitrogen and oxygen atoms in total. The van der Waals surface area contributed by atoms with Crippen LogP contribution in [-0.4, -0.2) is 58.7 Å². The predicted molar refractivity (Wildman–Crippen MR) is 208 cm³/mol. The first-order valence-corrected chi connectivity index (χ1v) is 18.9. The predicted octanol–water partition coefficient (Wildman–Crippen LogP) is 7.89. The molecule has 0 spiro atoms. The molecule has 1 aliphatic rings. The van der Waals surface area contributed by atoms with Crippen LogP contribution in [-0.2, 0) is 32.0 Å². The fourth-order valence-corrected chi connectivity index (χ4v) is 7.58. The van der Waals surface area contributed by atoms with Crippen LogP contribution in [0.25, 0.3) is 6.08 Å². The molecule has 0 saturated heterocycles. The van der Waals surface area contributed by atoms with Crippen LogP contribution in [0.1, 0.15) is 71.3 Å². The van der Waals surface area contributed by atoms with Crippen molar-refractivity contribution >= 4 is 69.6 Å². The van der Waals surface area contributed by atoms with Gasteiger partial charge in [-0.05, 0) is 89.1 Å². The molecule has 14 heteroatoms. The SMILES string of the molecule is CCOC(=O)c1c(NC(=O)C(C)Sc2cccc(NC(=O)/C(=C/c3ccccc3F)NC(=O)c3ccccc3)c2)sc2c1CCN(C(=O)OC(C)(C)C)C2. The monoisotopic (exact) mass is 772 g/mol. The van der Waals surface area contributed by atoms with Crippen molar-refractivity contribution in [3.05, 3.63) is 118 Å². The highest BCUT2D eigenvalue weighted by atomic mass is 32.2. The number of hydrogen-bond donors (Lipinski definition) is 3. The Kier molecular flexibility index (Phi) is 12.9. The standard InChI is InChI=1S/C40H41FN4O7S2/c1-6-51-38(49)33-29-19-20-45(39(50)52-40(3,4)5)23-32(29)54-37(33)44-34(46)24(2)53-28-17-12-16-27(22-28)42-36(48)31(21-26-15-10-11-18-30(26)41)43-35(47)25-13-8-7-9-14-25/h7-18,21-22,24H,6,19-20,23H2,1-5H3,(H,42,48)(H,43,47)(H,44,46)/b31-21-. The Morgan fingerprint density at radius 2 is 1.70 bits per heavy atom. The number of benzene rings is 3. The van der Waals surface area contributed by atoms with Crippen LogP contribution in [0.15, 0.2) is 89.5 Å². The average molecular weight is 773 g/mol. The molecule has 2 heterocycles. The van der Waals surface area contributed by atoms with E-state index in [9.17, 15) is 28.4 Å². The number of esters is 1. The third-order valence-electron chi connectivity index (χ3n) is 7.93. The third kappa shape index (κ3) is 10.4. The maximum absolute atomic E-state index is 14.6. The molecule has 4 aromatic rings. The van der Waals surface area contributed by atoms with Crippen LogP contribution in [0.4, 0.5) is 19.9 Å². The lowest BCUT2D eigenvalue weighted by atomic mass is 10.0. The zero-order valence-corrected chi connectivity index (χ0v) is 32.1. The Morgan fingerprint density at radius 1 is 0.981 bits per heavy atom. The number of anilines is 2. The fourth-order valence-electron chi connectivity index (χ4n) is 5.40. The van der Waals surface area contributed by atoms with Gasteiger partial charge in [0, 0.05) is 33.1 Å². The lowest BCUT2D eigenvalue weighted by Gasteiger charge is -2.30. The van der Waals surface area contributed by atoms with Gasteiger partial charge in [-0.2, -0.15) is 0 Å². The lowest BCUT2D eigenvalue weighted by molar-refractivity contribution is -0.115. The van der Waals surface area contributed by atoms with E-state index in [0.717, 1.165) is 10.4 Å². The average Bonchev–Trinajstić information content (AvgIpc) is 3.49. The van der Waals surface area contributed by atoms with Crippen LogP contribution in [0.2, 0.25) is 0 Å². The number of ether oxygens (including phenoxy) is 2.